The Kier molecular flexibility index (Phi) is 3.39. The van der Waals surface area contributed by atoms with Gasteiger partial charge in [-0.1, -0.05) is 6.92 Å². The fourth-order valence-corrected chi connectivity index (χ4v) is 2.67. The summed E-state index contributed by atoms with van der Waals surface area (Å²) in [6, 6.07) is 1.71. The van der Waals surface area contributed by atoms with Gasteiger partial charge >= 0.3 is 5.97 Å². The molecule has 2 heterocycles. The molecular weight excluding hydrogens is 246 g/mol. The molecule has 1 saturated heterocycles. The molecule has 1 amide bonds. The van der Waals surface area contributed by atoms with Crippen molar-refractivity contribution in [3.05, 3.63) is 23.2 Å². The van der Waals surface area contributed by atoms with Gasteiger partial charge in [0.1, 0.15) is 11.5 Å². The third-order valence-electron chi connectivity index (χ3n) is 4.04. The van der Waals surface area contributed by atoms with Crippen LogP contribution in [0.4, 0.5) is 0 Å². The largest absolute Gasteiger partial charge is 0.481 e. The van der Waals surface area contributed by atoms with Crippen molar-refractivity contribution in [1.29, 1.82) is 0 Å². The zero-order valence-electron chi connectivity index (χ0n) is 11.5. The van der Waals surface area contributed by atoms with E-state index in [-0.39, 0.29) is 12.5 Å². The lowest BCUT2D eigenvalue weighted by Crippen LogP contribution is -2.36. The van der Waals surface area contributed by atoms with Crippen molar-refractivity contribution in [3.63, 3.8) is 0 Å². The number of nitrogens with zero attached hydrogens (tertiary/aromatic N) is 1. The van der Waals surface area contributed by atoms with Crippen molar-refractivity contribution >= 4 is 11.9 Å². The standard InChI is InChI=1S/C14H19NO4/c1-4-14(13(17)18)5-6-15(8-14)12(16)11-7-9(2)19-10(11)3/h7H,4-6,8H2,1-3H3,(H,17,18). The molecule has 5 nitrogen and oxygen atoms in total. The molecule has 1 atom stereocenters. The minimum atomic E-state index is -0.814. The van der Waals surface area contributed by atoms with Gasteiger partial charge in [-0.05, 0) is 32.8 Å². The maximum Gasteiger partial charge on any atom is 0.311 e. The fourth-order valence-electron chi connectivity index (χ4n) is 2.67. The van der Waals surface area contributed by atoms with Crippen molar-refractivity contribution < 1.29 is 19.1 Å². The minimum Gasteiger partial charge on any atom is -0.481 e. The zero-order chi connectivity index (χ0) is 14.2. The predicted octanol–water partition coefficient (Wildman–Crippen LogP) is 2.22. The molecule has 2 rings (SSSR count). The highest BCUT2D eigenvalue weighted by molar-refractivity contribution is 5.96. The van der Waals surface area contributed by atoms with Crippen LogP contribution in [0.5, 0.6) is 0 Å². The van der Waals surface area contributed by atoms with Crippen LogP contribution in [0, 0.1) is 19.3 Å². The average molecular weight is 265 g/mol. The number of aliphatic carboxylic acids is 1. The van der Waals surface area contributed by atoms with Gasteiger partial charge in [-0.2, -0.15) is 0 Å². The van der Waals surface area contributed by atoms with Gasteiger partial charge in [0.2, 0.25) is 0 Å². The molecular formula is C14H19NO4. The number of carbonyl (C=O) groups excluding carboxylic acids is 1. The Balaban J connectivity index is 2.19. The molecule has 0 saturated carbocycles. The maximum atomic E-state index is 12.4. The summed E-state index contributed by atoms with van der Waals surface area (Å²) in [4.78, 5) is 25.4. The summed E-state index contributed by atoms with van der Waals surface area (Å²) in [5.41, 5.74) is -0.252. The summed E-state index contributed by atoms with van der Waals surface area (Å²) in [7, 11) is 0. The average Bonchev–Trinajstić information content (AvgIpc) is 2.93. The first-order valence-corrected chi connectivity index (χ1v) is 6.49. The second kappa shape index (κ2) is 4.72. The lowest BCUT2D eigenvalue weighted by molar-refractivity contribution is -0.148. The number of furan rings is 1. The first-order chi connectivity index (χ1) is 8.89. The Morgan fingerprint density at radius 3 is 2.58 bits per heavy atom. The van der Waals surface area contributed by atoms with Crippen LogP contribution in [0.15, 0.2) is 10.5 Å². The zero-order valence-corrected chi connectivity index (χ0v) is 11.5. The van der Waals surface area contributed by atoms with Crippen molar-refractivity contribution in [2.45, 2.75) is 33.6 Å². The van der Waals surface area contributed by atoms with Crippen LogP contribution in [-0.4, -0.2) is 35.0 Å². The fraction of sp³-hybridized carbons (Fsp3) is 0.571. The van der Waals surface area contributed by atoms with E-state index in [1.165, 1.54) is 0 Å². The highest BCUT2D eigenvalue weighted by Gasteiger charge is 2.45. The van der Waals surface area contributed by atoms with Crippen molar-refractivity contribution in [3.8, 4) is 0 Å². The van der Waals surface area contributed by atoms with E-state index in [1.54, 1.807) is 24.8 Å². The molecule has 1 N–H and O–H groups in total. The van der Waals surface area contributed by atoms with Crippen LogP contribution in [0.2, 0.25) is 0 Å². The van der Waals surface area contributed by atoms with E-state index >= 15 is 0 Å². The molecule has 104 valence electrons. The Morgan fingerprint density at radius 1 is 1.47 bits per heavy atom. The number of carboxylic acid groups (broad SMARTS) is 1. The summed E-state index contributed by atoms with van der Waals surface area (Å²) < 4.78 is 5.36. The van der Waals surface area contributed by atoms with E-state index in [4.69, 9.17) is 4.42 Å². The molecule has 5 heteroatoms. The predicted molar refractivity (Wildman–Crippen MR) is 69.1 cm³/mol. The van der Waals surface area contributed by atoms with Crippen LogP contribution in [-0.2, 0) is 4.79 Å². The summed E-state index contributed by atoms with van der Waals surface area (Å²) in [5.74, 6) is 0.336. The SMILES string of the molecule is CCC1(C(=O)O)CCN(C(=O)c2cc(C)oc2C)C1. The molecule has 1 unspecified atom stereocenters. The van der Waals surface area contributed by atoms with Gasteiger partial charge in [0.05, 0.1) is 11.0 Å². The van der Waals surface area contributed by atoms with Gasteiger partial charge in [-0.25, -0.2) is 0 Å². The van der Waals surface area contributed by atoms with Gasteiger partial charge in [0.25, 0.3) is 5.91 Å². The Labute approximate surface area is 112 Å². The van der Waals surface area contributed by atoms with Crippen molar-refractivity contribution in [2.75, 3.05) is 13.1 Å². The molecule has 0 spiro atoms. The highest BCUT2D eigenvalue weighted by atomic mass is 16.4. The number of hydrogen-bond acceptors (Lipinski definition) is 3. The van der Waals surface area contributed by atoms with Gasteiger partial charge in [0.15, 0.2) is 0 Å². The van der Waals surface area contributed by atoms with E-state index in [9.17, 15) is 14.7 Å². The van der Waals surface area contributed by atoms with Crippen LogP contribution in [0.3, 0.4) is 0 Å². The van der Waals surface area contributed by atoms with Crippen LogP contribution in [0.25, 0.3) is 0 Å². The number of amides is 1. The topological polar surface area (TPSA) is 70.8 Å². The molecule has 0 radical (unpaired) electrons. The van der Waals surface area contributed by atoms with Crippen LogP contribution >= 0.6 is 0 Å². The number of rotatable bonds is 3. The van der Waals surface area contributed by atoms with Gasteiger partial charge in [-0.15, -0.1) is 0 Å². The Hall–Kier alpha value is -1.78. The Morgan fingerprint density at radius 2 is 2.16 bits per heavy atom. The summed E-state index contributed by atoms with van der Waals surface area (Å²) in [5, 5.41) is 9.34. The first kappa shape index (κ1) is 13.6. The smallest absolute Gasteiger partial charge is 0.311 e. The summed E-state index contributed by atoms with van der Waals surface area (Å²) in [6.45, 7) is 6.17. The number of likely N-dealkylation sites (tertiary alicyclic amines) is 1. The second-order valence-corrected chi connectivity index (χ2v) is 5.24. The normalized spacial score (nSPS) is 22.8. The summed E-state index contributed by atoms with van der Waals surface area (Å²) in [6.07, 6.45) is 1.05. The van der Waals surface area contributed by atoms with Gasteiger partial charge in [0, 0.05) is 13.1 Å². The van der Waals surface area contributed by atoms with E-state index in [1.807, 2.05) is 6.92 Å². The molecule has 0 aromatic carbocycles. The van der Waals surface area contributed by atoms with E-state index < -0.39 is 11.4 Å². The molecule has 0 bridgehead atoms. The van der Waals surface area contributed by atoms with Crippen molar-refractivity contribution in [2.24, 2.45) is 5.41 Å². The second-order valence-electron chi connectivity index (χ2n) is 5.24. The lowest BCUT2D eigenvalue weighted by atomic mass is 9.84. The third-order valence-corrected chi connectivity index (χ3v) is 4.04. The maximum absolute atomic E-state index is 12.4. The van der Waals surface area contributed by atoms with Crippen LogP contribution < -0.4 is 0 Å². The molecule has 1 fully saturated rings. The molecule has 19 heavy (non-hydrogen) atoms. The van der Waals surface area contributed by atoms with E-state index in [2.05, 4.69) is 0 Å². The van der Waals surface area contributed by atoms with Gasteiger partial charge in [-0.3, -0.25) is 9.59 Å². The monoisotopic (exact) mass is 265 g/mol. The number of aryl methyl sites for hydroxylation is 2. The molecule has 1 aromatic rings. The first-order valence-electron chi connectivity index (χ1n) is 6.49. The molecule has 1 aromatic heterocycles. The quantitative estimate of drug-likeness (QED) is 0.909. The summed E-state index contributed by atoms with van der Waals surface area (Å²) >= 11 is 0. The van der Waals surface area contributed by atoms with Crippen molar-refractivity contribution in [1.82, 2.24) is 4.90 Å². The number of carboxylic acids is 1. The molecule has 1 aliphatic rings. The minimum absolute atomic E-state index is 0.133. The molecule has 0 aliphatic carbocycles. The highest BCUT2D eigenvalue weighted by Crippen LogP contribution is 2.35. The third kappa shape index (κ3) is 2.25. The number of carbonyl (C=O) groups is 2. The van der Waals surface area contributed by atoms with E-state index in [0.29, 0.717) is 36.5 Å². The Bertz CT molecular complexity index is 520. The lowest BCUT2D eigenvalue weighted by Gasteiger charge is -2.22. The van der Waals surface area contributed by atoms with Crippen LogP contribution in [0.1, 0.15) is 41.6 Å². The molecule has 1 aliphatic heterocycles. The number of hydrogen-bond donors (Lipinski definition) is 1. The van der Waals surface area contributed by atoms with Gasteiger partial charge < -0.3 is 14.4 Å². The van der Waals surface area contributed by atoms with E-state index in [0.717, 1.165) is 0 Å².